The van der Waals surface area contributed by atoms with Crippen molar-refractivity contribution in [1.82, 2.24) is 0 Å². The van der Waals surface area contributed by atoms with E-state index in [4.69, 9.17) is 9.47 Å². The van der Waals surface area contributed by atoms with Crippen LogP contribution in [-0.4, -0.2) is 23.4 Å². The van der Waals surface area contributed by atoms with Crippen molar-refractivity contribution in [3.05, 3.63) is 29.8 Å². The van der Waals surface area contributed by atoms with Crippen molar-refractivity contribution < 1.29 is 14.6 Å². The summed E-state index contributed by atoms with van der Waals surface area (Å²) in [6.45, 7) is 0.830. The smallest absolute Gasteiger partial charge is 0.125 e. The van der Waals surface area contributed by atoms with E-state index in [1.807, 2.05) is 24.3 Å². The van der Waals surface area contributed by atoms with Gasteiger partial charge in [-0.25, -0.2) is 0 Å². The van der Waals surface area contributed by atoms with Gasteiger partial charge in [0.2, 0.25) is 0 Å². The number of rotatable bonds is 3. The van der Waals surface area contributed by atoms with E-state index >= 15 is 0 Å². The highest BCUT2D eigenvalue weighted by molar-refractivity contribution is 5.32. The molecule has 0 aromatic heterocycles. The summed E-state index contributed by atoms with van der Waals surface area (Å²) in [5, 5.41) is 9.35. The van der Waals surface area contributed by atoms with Gasteiger partial charge in [0.05, 0.1) is 18.8 Å². The maximum atomic E-state index is 9.35. The molecule has 104 valence electrons. The average Bonchev–Trinajstić information content (AvgIpc) is 2.87. The van der Waals surface area contributed by atoms with Crippen molar-refractivity contribution in [3.8, 4) is 5.75 Å². The molecule has 1 aliphatic heterocycles. The van der Waals surface area contributed by atoms with Crippen LogP contribution in [-0.2, 0) is 11.3 Å². The van der Waals surface area contributed by atoms with Crippen molar-refractivity contribution >= 4 is 0 Å². The molecule has 1 N–H and O–H groups in total. The first kappa shape index (κ1) is 12.9. The predicted molar refractivity (Wildman–Crippen MR) is 73.2 cm³/mol. The molecule has 3 heteroatoms. The van der Waals surface area contributed by atoms with Gasteiger partial charge in [0.15, 0.2) is 0 Å². The molecule has 0 amide bonds. The van der Waals surface area contributed by atoms with Crippen molar-refractivity contribution in [2.24, 2.45) is 0 Å². The number of para-hydroxylation sites is 1. The zero-order chi connectivity index (χ0) is 13.1. The number of hydrogen-bond acceptors (Lipinski definition) is 3. The molecule has 3 nitrogen and oxygen atoms in total. The maximum Gasteiger partial charge on any atom is 0.125 e. The summed E-state index contributed by atoms with van der Waals surface area (Å²) in [7, 11) is 0. The Morgan fingerprint density at radius 3 is 2.84 bits per heavy atom. The van der Waals surface area contributed by atoms with Gasteiger partial charge >= 0.3 is 0 Å². The normalized spacial score (nSPS) is 25.6. The lowest BCUT2D eigenvalue weighted by atomic mass is 9.90. The fourth-order valence-electron chi connectivity index (χ4n) is 3.38. The first-order valence-electron chi connectivity index (χ1n) is 7.31. The Balaban J connectivity index is 1.69. The second-order valence-electron chi connectivity index (χ2n) is 5.74. The standard InChI is InChI=1S/C16H22O3/c17-12-13-5-1-2-6-15(13)19-14-7-10-18-16(11-14)8-3-4-9-16/h1-2,5-6,14,17H,3-4,7-12H2. The Bertz CT molecular complexity index is 424. The molecule has 1 aliphatic carbocycles. The van der Waals surface area contributed by atoms with E-state index in [2.05, 4.69) is 0 Å². The molecule has 1 spiro atoms. The van der Waals surface area contributed by atoms with Gasteiger partial charge in [0.25, 0.3) is 0 Å². The minimum Gasteiger partial charge on any atom is -0.490 e. The third-order valence-corrected chi connectivity index (χ3v) is 4.40. The summed E-state index contributed by atoms with van der Waals surface area (Å²) in [4.78, 5) is 0. The van der Waals surface area contributed by atoms with E-state index in [1.165, 1.54) is 25.7 Å². The molecule has 1 saturated heterocycles. The number of hydrogen-bond donors (Lipinski definition) is 1. The first-order valence-corrected chi connectivity index (χ1v) is 7.31. The molecule has 1 aromatic rings. The number of aliphatic hydroxyl groups excluding tert-OH is 1. The first-order chi connectivity index (χ1) is 9.31. The Morgan fingerprint density at radius 2 is 2.05 bits per heavy atom. The van der Waals surface area contributed by atoms with Crippen molar-refractivity contribution in [2.45, 2.75) is 56.8 Å². The van der Waals surface area contributed by atoms with E-state index < -0.39 is 0 Å². The van der Waals surface area contributed by atoms with E-state index in [-0.39, 0.29) is 18.3 Å². The van der Waals surface area contributed by atoms with Crippen LogP contribution in [0.15, 0.2) is 24.3 Å². The molecular formula is C16H22O3. The van der Waals surface area contributed by atoms with Gasteiger partial charge < -0.3 is 14.6 Å². The monoisotopic (exact) mass is 262 g/mol. The number of ether oxygens (including phenoxy) is 2. The molecule has 1 unspecified atom stereocenters. The van der Waals surface area contributed by atoms with Crippen LogP contribution in [0.1, 0.15) is 44.1 Å². The Labute approximate surface area is 114 Å². The van der Waals surface area contributed by atoms with E-state index in [9.17, 15) is 5.11 Å². The van der Waals surface area contributed by atoms with Gasteiger partial charge in [-0.2, -0.15) is 0 Å². The minimum atomic E-state index is 0.0323. The summed E-state index contributed by atoms with van der Waals surface area (Å²) < 4.78 is 12.1. The SMILES string of the molecule is OCc1ccccc1OC1CCOC2(CCCC2)C1. The molecule has 19 heavy (non-hydrogen) atoms. The third kappa shape index (κ3) is 2.77. The molecule has 1 saturated carbocycles. The average molecular weight is 262 g/mol. The van der Waals surface area contributed by atoms with Crippen LogP contribution in [0.25, 0.3) is 0 Å². The fraction of sp³-hybridized carbons (Fsp3) is 0.625. The second-order valence-corrected chi connectivity index (χ2v) is 5.74. The van der Waals surface area contributed by atoms with Crippen molar-refractivity contribution in [2.75, 3.05) is 6.61 Å². The highest BCUT2D eigenvalue weighted by Gasteiger charge is 2.40. The molecule has 2 aliphatic rings. The highest BCUT2D eigenvalue weighted by atomic mass is 16.5. The van der Waals surface area contributed by atoms with Gasteiger partial charge in [-0.1, -0.05) is 31.0 Å². The lowest BCUT2D eigenvalue weighted by Gasteiger charge is -2.38. The Hall–Kier alpha value is -1.06. The van der Waals surface area contributed by atoms with Crippen LogP contribution in [0.2, 0.25) is 0 Å². The highest BCUT2D eigenvalue weighted by Crippen LogP contribution is 2.41. The van der Waals surface area contributed by atoms with Crippen LogP contribution in [0.3, 0.4) is 0 Å². The molecule has 3 rings (SSSR count). The summed E-state index contributed by atoms with van der Waals surface area (Å²) >= 11 is 0. The van der Waals surface area contributed by atoms with Gasteiger partial charge in [0, 0.05) is 18.4 Å². The molecule has 0 bridgehead atoms. The Morgan fingerprint density at radius 1 is 1.26 bits per heavy atom. The molecule has 2 fully saturated rings. The topological polar surface area (TPSA) is 38.7 Å². The lowest BCUT2D eigenvalue weighted by Crippen LogP contribution is -2.41. The van der Waals surface area contributed by atoms with Crippen LogP contribution < -0.4 is 4.74 Å². The summed E-state index contributed by atoms with van der Waals surface area (Å²) in [6.07, 6.45) is 7.07. The number of aliphatic hydroxyl groups is 1. The van der Waals surface area contributed by atoms with Crippen LogP contribution in [0, 0.1) is 0 Å². The summed E-state index contributed by atoms with van der Waals surface area (Å²) in [6, 6.07) is 7.75. The zero-order valence-corrected chi connectivity index (χ0v) is 11.3. The Kier molecular flexibility index (Phi) is 3.76. The predicted octanol–water partition coefficient (Wildman–Crippen LogP) is 3.05. The van der Waals surface area contributed by atoms with Crippen LogP contribution in [0.5, 0.6) is 5.75 Å². The lowest BCUT2D eigenvalue weighted by molar-refractivity contribution is -0.108. The van der Waals surface area contributed by atoms with Gasteiger partial charge in [-0.05, 0) is 18.9 Å². The van der Waals surface area contributed by atoms with E-state index in [0.717, 1.165) is 30.8 Å². The van der Waals surface area contributed by atoms with Crippen molar-refractivity contribution in [3.63, 3.8) is 0 Å². The van der Waals surface area contributed by atoms with Gasteiger partial charge in [-0.15, -0.1) is 0 Å². The van der Waals surface area contributed by atoms with Crippen molar-refractivity contribution in [1.29, 1.82) is 0 Å². The molecular weight excluding hydrogens is 240 g/mol. The quantitative estimate of drug-likeness (QED) is 0.910. The molecule has 1 atom stereocenters. The molecule has 0 radical (unpaired) electrons. The summed E-state index contributed by atoms with van der Waals surface area (Å²) in [5.74, 6) is 0.824. The second kappa shape index (κ2) is 5.51. The minimum absolute atomic E-state index is 0.0323. The third-order valence-electron chi connectivity index (χ3n) is 4.40. The molecule has 1 heterocycles. The van der Waals surface area contributed by atoms with E-state index in [0.29, 0.717) is 0 Å². The molecule has 1 aromatic carbocycles. The maximum absolute atomic E-state index is 9.35. The summed E-state index contributed by atoms with van der Waals surface area (Å²) in [5.41, 5.74) is 0.950. The zero-order valence-electron chi connectivity index (χ0n) is 11.3. The largest absolute Gasteiger partial charge is 0.490 e. The van der Waals surface area contributed by atoms with Crippen LogP contribution in [0.4, 0.5) is 0 Å². The van der Waals surface area contributed by atoms with Gasteiger partial charge in [0.1, 0.15) is 11.9 Å². The van der Waals surface area contributed by atoms with E-state index in [1.54, 1.807) is 0 Å². The number of benzene rings is 1. The fourth-order valence-corrected chi connectivity index (χ4v) is 3.38. The van der Waals surface area contributed by atoms with Gasteiger partial charge in [-0.3, -0.25) is 0 Å². The van der Waals surface area contributed by atoms with Crippen LogP contribution >= 0.6 is 0 Å².